The first-order valence-electron chi connectivity index (χ1n) is 8.18. The number of rotatable bonds is 14. The number of hydrogen-bond acceptors (Lipinski definition) is 2. The first kappa shape index (κ1) is 18.3. The SMILES string of the molecule is CCC(=O)CCCCCCCCCCCCC(C)=O. The van der Waals surface area contributed by atoms with Gasteiger partial charge in [0.05, 0.1) is 0 Å². The van der Waals surface area contributed by atoms with Crippen molar-refractivity contribution in [2.24, 2.45) is 0 Å². The van der Waals surface area contributed by atoms with E-state index in [1.807, 2.05) is 6.92 Å². The molecular formula is C17H32O2. The largest absolute Gasteiger partial charge is 0.300 e. The molecule has 2 heteroatoms. The summed E-state index contributed by atoms with van der Waals surface area (Å²) in [6.45, 7) is 3.62. The lowest BCUT2D eigenvalue weighted by Gasteiger charge is -2.02. The Bertz CT molecular complexity index is 233. The molecule has 0 aliphatic heterocycles. The van der Waals surface area contributed by atoms with Crippen LogP contribution < -0.4 is 0 Å². The average molecular weight is 268 g/mol. The van der Waals surface area contributed by atoms with Gasteiger partial charge in [0.2, 0.25) is 0 Å². The van der Waals surface area contributed by atoms with Crippen molar-refractivity contribution in [1.82, 2.24) is 0 Å². The Labute approximate surface area is 119 Å². The Hall–Kier alpha value is -0.660. The second-order valence-electron chi connectivity index (χ2n) is 5.63. The van der Waals surface area contributed by atoms with Gasteiger partial charge in [-0.05, 0) is 19.8 Å². The molecule has 0 aliphatic carbocycles. The molecule has 19 heavy (non-hydrogen) atoms. The lowest BCUT2D eigenvalue weighted by molar-refractivity contribution is -0.119. The molecule has 0 bridgehead atoms. The molecule has 0 aromatic carbocycles. The van der Waals surface area contributed by atoms with Crippen LogP contribution in [0.2, 0.25) is 0 Å². The third-order valence-corrected chi connectivity index (χ3v) is 3.63. The molecular weight excluding hydrogens is 236 g/mol. The standard InChI is InChI=1S/C17H32O2/c1-3-17(19)15-13-11-9-7-5-4-6-8-10-12-14-16(2)18/h3-15H2,1-2H3. The van der Waals surface area contributed by atoms with Crippen LogP contribution in [0.15, 0.2) is 0 Å². The number of carbonyl (C=O) groups is 2. The normalized spacial score (nSPS) is 10.6. The number of ketones is 2. The van der Waals surface area contributed by atoms with E-state index in [1.165, 1.54) is 51.4 Å². The summed E-state index contributed by atoms with van der Waals surface area (Å²) in [6.07, 6.45) is 14.6. The van der Waals surface area contributed by atoms with Gasteiger partial charge in [0.1, 0.15) is 11.6 Å². The first-order chi connectivity index (χ1) is 9.16. The lowest BCUT2D eigenvalue weighted by Crippen LogP contribution is -1.94. The average Bonchev–Trinajstić information content (AvgIpc) is 2.39. The molecule has 112 valence electrons. The van der Waals surface area contributed by atoms with Gasteiger partial charge < -0.3 is 4.79 Å². The minimum atomic E-state index is 0.321. The predicted octanol–water partition coefficient (Wildman–Crippen LogP) is 5.24. The van der Waals surface area contributed by atoms with Crippen molar-refractivity contribution in [3.63, 3.8) is 0 Å². The van der Waals surface area contributed by atoms with E-state index in [9.17, 15) is 9.59 Å². The van der Waals surface area contributed by atoms with Gasteiger partial charge >= 0.3 is 0 Å². The van der Waals surface area contributed by atoms with Gasteiger partial charge in [0, 0.05) is 19.3 Å². The van der Waals surface area contributed by atoms with Crippen molar-refractivity contribution in [3.05, 3.63) is 0 Å². The molecule has 2 nitrogen and oxygen atoms in total. The molecule has 0 unspecified atom stereocenters. The Kier molecular flexibility index (Phi) is 13.3. The highest BCUT2D eigenvalue weighted by Gasteiger charge is 1.98. The molecule has 0 spiro atoms. The van der Waals surface area contributed by atoms with Crippen molar-refractivity contribution < 1.29 is 9.59 Å². The van der Waals surface area contributed by atoms with Crippen molar-refractivity contribution in [3.8, 4) is 0 Å². The molecule has 0 fully saturated rings. The Morgan fingerprint density at radius 3 is 1.37 bits per heavy atom. The van der Waals surface area contributed by atoms with Crippen molar-refractivity contribution >= 4 is 11.6 Å². The highest BCUT2D eigenvalue weighted by Crippen LogP contribution is 2.12. The molecule has 0 amide bonds. The number of unbranched alkanes of at least 4 members (excludes halogenated alkanes) is 9. The molecule has 0 N–H and O–H groups in total. The fraction of sp³-hybridized carbons (Fsp3) is 0.882. The molecule has 0 heterocycles. The Balaban J connectivity index is 3.03. The van der Waals surface area contributed by atoms with Gasteiger partial charge in [-0.1, -0.05) is 58.3 Å². The van der Waals surface area contributed by atoms with Gasteiger partial charge in [0.15, 0.2) is 0 Å². The summed E-state index contributed by atoms with van der Waals surface area (Å²) >= 11 is 0. The highest BCUT2D eigenvalue weighted by molar-refractivity contribution is 5.77. The molecule has 0 radical (unpaired) electrons. The smallest absolute Gasteiger partial charge is 0.132 e. The summed E-state index contributed by atoms with van der Waals surface area (Å²) in [5, 5.41) is 0. The summed E-state index contributed by atoms with van der Waals surface area (Å²) in [5.41, 5.74) is 0. The maximum absolute atomic E-state index is 11.1. The monoisotopic (exact) mass is 268 g/mol. The number of hydrogen-bond donors (Lipinski definition) is 0. The molecule has 0 saturated heterocycles. The van der Waals surface area contributed by atoms with E-state index in [0.29, 0.717) is 18.0 Å². The van der Waals surface area contributed by atoms with Gasteiger partial charge in [-0.2, -0.15) is 0 Å². The van der Waals surface area contributed by atoms with Crippen LogP contribution in [0.5, 0.6) is 0 Å². The third kappa shape index (κ3) is 15.3. The summed E-state index contributed by atoms with van der Waals surface area (Å²) in [5.74, 6) is 0.729. The summed E-state index contributed by atoms with van der Waals surface area (Å²) < 4.78 is 0. The minimum absolute atomic E-state index is 0.321. The second-order valence-corrected chi connectivity index (χ2v) is 5.63. The van der Waals surface area contributed by atoms with Gasteiger partial charge in [-0.15, -0.1) is 0 Å². The van der Waals surface area contributed by atoms with Crippen molar-refractivity contribution in [2.75, 3.05) is 0 Å². The maximum Gasteiger partial charge on any atom is 0.132 e. The fourth-order valence-corrected chi connectivity index (χ4v) is 2.29. The van der Waals surface area contributed by atoms with Crippen LogP contribution in [0.4, 0.5) is 0 Å². The second kappa shape index (κ2) is 13.8. The van der Waals surface area contributed by atoms with E-state index in [4.69, 9.17) is 0 Å². The maximum atomic E-state index is 11.1. The quantitative estimate of drug-likeness (QED) is 0.404. The van der Waals surface area contributed by atoms with Gasteiger partial charge in [-0.25, -0.2) is 0 Å². The topological polar surface area (TPSA) is 34.1 Å². The molecule has 0 rings (SSSR count). The summed E-state index contributed by atoms with van der Waals surface area (Å²) in [6, 6.07) is 0. The zero-order chi connectivity index (χ0) is 14.3. The fourth-order valence-electron chi connectivity index (χ4n) is 2.29. The van der Waals surface area contributed by atoms with E-state index < -0.39 is 0 Å². The molecule has 0 saturated carbocycles. The van der Waals surface area contributed by atoms with E-state index in [2.05, 4.69) is 0 Å². The van der Waals surface area contributed by atoms with Crippen LogP contribution in [-0.4, -0.2) is 11.6 Å². The third-order valence-electron chi connectivity index (χ3n) is 3.63. The molecule has 0 aromatic heterocycles. The summed E-state index contributed by atoms with van der Waals surface area (Å²) in [4.78, 5) is 21.8. The highest BCUT2D eigenvalue weighted by atomic mass is 16.1. The van der Waals surface area contributed by atoms with Gasteiger partial charge in [-0.3, -0.25) is 4.79 Å². The Morgan fingerprint density at radius 2 is 1.00 bits per heavy atom. The lowest BCUT2D eigenvalue weighted by atomic mass is 10.0. The van der Waals surface area contributed by atoms with Gasteiger partial charge in [0.25, 0.3) is 0 Å². The zero-order valence-electron chi connectivity index (χ0n) is 13.0. The number of Topliss-reactive ketones (excluding diaryl/α,β-unsaturated/α-hetero) is 2. The first-order valence-corrected chi connectivity index (χ1v) is 8.18. The van der Waals surface area contributed by atoms with E-state index in [1.54, 1.807) is 6.92 Å². The van der Waals surface area contributed by atoms with Crippen LogP contribution in [0.3, 0.4) is 0 Å². The molecule has 0 aromatic rings. The van der Waals surface area contributed by atoms with Crippen LogP contribution in [0.25, 0.3) is 0 Å². The molecule has 0 atom stereocenters. The van der Waals surface area contributed by atoms with Crippen LogP contribution >= 0.6 is 0 Å². The van der Waals surface area contributed by atoms with E-state index in [0.717, 1.165) is 25.7 Å². The van der Waals surface area contributed by atoms with Crippen LogP contribution in [0, 0.1) is 0 Å². The Morgan fingerprint density at radius 1 is 0.632 bits per heavy atom. The van der Waals surface area contributed by atoms with Crippen LogP contribution in [0.1, 0.15) is 97.3 Å². The zero-order valence-corrected chi connectivity index (χ0v) is 13.0. The molecule has 0 aliphatic rings. The van der Waals surface area contributed by atoms with E-state index >= 15 is 0 Å². The van der Waals surface area contributed by atoms with E-state index in [-0.39, 0.29) is 0 Å². The predicted molar refractivity (Wildman–Crippen MR) is 81.4 cm³/mol. The van der Waals surface area contributed by atoms with Crippen LogP contribution in [-0.2, 0) is 9.59 Å². The van der Waals surface area contributed by atoms with Crippen molar-refractivity contribution in [2.45, 2.75) is 97.3 Å². The number of carbonyl (C=O) groups excluding carboxylic acids is 2. The summed E-state index contributed by atoms with van der Waals surface area (Å²) in [7, 11) is 0. The minimum Gasteiger partial charge on any atom is -0.300 e. The van der Waals surface area contributed by atoms with Crippen molar-refractivity contribution in [1.29, 1.82) is 0 Å².